The van der Waals surface area contributed by atoms with E-state index < -0.39 is 5.91 Å². The molecular weight excluding hydrogens is 434 g/mol. The Kier molecular flexibility index (Phi) is 6.77. The van der Waals surface area contributed by atoms with Crippen LogP contribution in [-0.2, 0) is 16.1 Å². The third-order valence-electron chi connectivity index (χ3n) is 5.11. The Morgan fingerprint density at radius 1 is 1.12 bits per heavy atom. The second kappa shape index (κ2) is 10.1. The number of nitrogens with zero attached hydrogens (tertiary/aromatic N) is 2. The van der Waals surface area contributed by atoms with Crippen molar-refractivity contribution in [3.8, 4) is 17.2 Å². The number of carbonyl (C=O) groups excluding carboxylic acids is 1. The van der Waals surface area contributed by atoms with E-state index in [-0.39, 0.29) is 11.4 Å². The first-order valence-electron chi connectivity index (χ1n) is 10.7. The zero-order valence-corrected chi connectivity index (χ0v) is 19.0. The van der Waals surface area contributed by atoms with E-state index in [0.29, 0.717) is 41.9 Å². The van der Waals surface area contributed by atoms with E-state index in [1.165, 1.54) is 12.2 Å². The average Bonchev–Trinajstić information content (AvgIpc) is 3.21. The van der Waals surface area contributed by atoms with E-state index in [4.69, 9.17) is 24.5 Å². The van der Waals surface area contributed by atoms with Crippen LogP contribution in [0.5, 0.6) is 17.2 Å². The van der Waals surface area contributed by atoms with Crippen molar-refractivity contribution in [2.24, 2.45) is 4.99 Å². The summed E-state index contributed by atoms with van der Waals surface area (Å²) >= 11 is 0. The normalized spacial score (nSPS) is 15.9. The first kappa shape index (κ1) is 22.8. The predicted molar refractivity (Wildman–Crippen MR) is 129 cm³/mol. The summed E-state index contributed by atoms with van der Waals surface area (Å²) in [7, 11) is 1.54. The SMILES string of the molecule is C=CCc1ccccc1OCCOc1ccc(/C=C2\C(=N)N3OC(C)=CC3=NC2=O)cc1OC. The number of hydrogen-bond donors (Lipinski definition) is 1. The first-order chi connectivity index (χ1) is 16.5. The molecule has 0 saturated carbocycles. The maximum atomic E-state index is 12.5. The van der Waals surface area contributed by atoms with Crippen molar-refractivity contribution in [2.45, 2.75) is 13.3 Å². The van der Waals surface area contributed by atoms with Gasteiger partial charge in [-0.05, 0) is 48.7 Å². The molecule has 2 heterocycles. The van der Waals surface area contributed by atoms with Crippen LogP contribution in [0, 0.1) is 5.41 Å². The minimum atomic E-state index is -0.501. The summed E-state index contributed by atoms with van der Waals surface area (Å²) in [6.07, 6.45) is 5.76. The van der Waals surface area contributed by atoms with Crippen LogP contribution in [-0.4, -0.2) is 43.0 Å². The lowest BCUT2D eigenvalue weighted by molar-refractivity contribution is -0.114. The number of carbonyl (C=O) groups is 1. The molecule has 34 heavy (non-hydrogen) atoms. The number of allylic oxidation sites excluding steroid dienone is 2. The summed E-state index contributed by atoms with van der Waals surface area (Å²) in [5.41, 5.74) is 1.85. The maximum Gasteiger partial charge on any atom is 0.282 e. The van der Waals surface area contributed by atoms with Gasteiger partial charge in [0.1, 0.15) is 24.7 Å². The molecule has 2 aliphatic heterocycles. The topological polar surface area (TPSA) is 93.4 Å². The highest BCUT2D eigenvalue weighted by Crippen LogP contribution is 2.30. The van der Waals surface area contributed by atoms with Gasteiger partial charge in [-0.2, -0.15) is 4.99 Å². The molecule has 0 atom stereocenters. The summed E-state index contributed by atoms with van der Waals surface area (Å²) in [5.74, 6) is 2.14. The van der Waals surface area contributed by atoms with E-state index in [1.54, 1.807) is 37.3 Å². The number of rotatable bonds is 9. The molecule has 0 bridgehead atoms. The Balaban J connectivity index is 1.42. The fourth-order valence-corrected chi connectivity index (χ4v) is 3.53. The number of para-hydroxylation sites is 1. The van der Waals surface area contributed by atoms with Crippen LogP contribution in [0.2, 0.25) is 0 Å². The quantitative estimate of drug-likeness (QED) is 0.341. The summed E-state index contributed by atoms with van der Waals surface area (Å²) in [6.45, 7) is 6.19. The van der Waals surface area contributed by atoms with Gasteiger partial charge in [-0.3, -0.25) is 10.2 Å². The standard InChI is InChI=1S/C26H25N3O5/c1-4-7-19-8-5-6-9-21(19)32-12-13-33-22-11-10-18(16-23(22)31-3)15-20-25(27)29-24(28-26(20)30)14-17(2)34-29/h4-6,8-11,14-16,27H,1,7,12-13H2,2-3H3/b20-15+,27-25?. The zero-order chi connectivity index (χ0) is 24.1. The van der Waals surface area contributed by atoms with Gasteiger partial charge in [-0.1, -0.05) is 30.3 Å². The average molecular weight is 460 g/mol. The molecule has 4 rings (SSSR count). The Morgan fingerprint density at radius 3 is 2.65 bits per heavy atom. The molecule has 0 spiro atoms. The number of hydroxylamine groups is 2. The first-order valence-corrected chi connectivity index (χ1v) is 10.7. The van der Waals surface area contributed by atoms with Crippen LogP contribution in [0.4, 0.5) is 0 Å². The number of nitrogens with one attached hydrogen (secondary N) is 1. The lowest BCUT2D eigenvalue weighted by Crippen LogP contribution is -2.38. The van der Waals surface area contributed by atoms with Gasteiger partial charge in [-0.15, -0.1) is 11.6 Å². The highest BCUT2D eigenvalue weighted by Gasteiger charge is 2.34. The highest BCUT2D eigenvalue weighted by atomic mass is 16.7. The van der Waals surface area contributed by atoms with Gasteiger partial charge in [0.15, 0.2) is 23.2 Å². The smallest absolute Gasteiger partial charge is 0.282 e. The van der Waals surface area contributed by atoms with Gasteiger partial charge in [0, 0.05) is 6.08 Å². The lowest BCUT2D eigenvalue weighted by atomic mass is 10.1. The molecule has 0 fully saturated rings. The van der Waals surface area contributed by atoms with Crippen molar-refractivity contribution in [3.63, 3.8) is 0 Å². The van der Waals surface area contributed by atoms with Crippen molar-refractivity contribution in [1.82, 2.24) is 5.06 Å². The van der Waals surface area contributed by atoms with Crippen LogP contribution in [0.1, 0.15) is 18.1 Å². The molecule has 2 aromatic carbocycles. The minimum Gasteiger partial charge on any atom is -0.493 e. The van der Waals surface area contributed by atoms with Crippen LogP contribution >= 0.6 is 0 Å². The number of amides is 1. The number of ether oxygens (including phenoxy) is 3. The molecule has 0 unspecified atom stereocenters. The third kappa shape index (κ3) is 4.85. The molecule has 1 amide bonds. The summed E-state index contributed by atoms with van der Waals surface area (Å²) in [4.78, 5) is 21.9. The molecule has 1 N–H and O–H groups in total. The van der Waals surface area contributed by atoms with E-state index in [1.807, 2.05) is 30.3 Å². The fourth-order valence-electron chi connectivity index (χ4n) is 3.53. The van der Waals surface area contributed by atoms with Crippen LogP contribution in [0.25, 0.3) is 6.08 Å². The van der Waals surface area contributed by atoms with Crippen LogP contribution in [0.15, 0.2) is 77.5 Å². The molecular formula is C26H25N3O5. The van der Waals surface area contributed by atoms with Crippen molar-refractivity contribution in [1.29, 1.82) is 5.41 Å². The molecule has 0 saturated heterocycles. The van der Waals surface area contributed by atoms with E-state index in [2.05, 4.69) is 11.6 Å². The molecule has 0 radical (unpaired) electrons. The molecule has 2 aliphatic rings. The second-order valence-electron chi connectivity index (χ2n) is 7.53. The van der Waals surface area contributed by atoms with Gasteiger partial charge in [0.2, 0.25) is 0 Å². The summed E-state index contributed by atoms with van der Waals surface area (Å²) in [6, 6.07) is 13.1. The van der Waals surface area contributed by atoms with E-state index in [0.717, 1.165) is 17.7 Å². The number of aliphatic imine (C=N–C) groups is 1. The number of benzene rings is 2. The lowest BCUT2D eigenvalue weighted by Gasteiger charge is -2.23. The van der Waals surface area contributed by atoms with E-state index >= 15 is 0 Å². The van der Waals surface area contributed by atoms with Crippen molar-refractivity contribution in [2.75, 3.05) is 20.3 Å². The van der Waals surface area contributed by atoms with Crippen molar-refractivity contribution < 1.29 is 23.8 Å². The van der Waals surface area contributed by atoms with Gasteiger partial charge in [0.05, 0.1) is 12.7 Å². The summed E-state index contributed by atoms with van der Waals surface area (Å²) < 4.78 is 17.2. The van der Waals surface area contributed by atoms with Crippen molar-refractivity contribution >= 4 is 23.7 Å². The Bertz CT molecular complexity index is 1230. The third-order valence-corrected chi connectivity index (χ3v) is 5.11. The van der Waals surface area contributed by atoms with Gasteiger partial charge >= 0.3 is 0 Å². The van der Waals surface area contributed by atoms with Crippen molar-refractivity contribution in [3.05, 3.63) is 83.7 Å². The number of fused-ring (bicyclic) bond motifs is 1. The van der Waals surface area contributed by atoms with E-state index in [9.17, 15) is 4.79 Å². The Hall–Kier alpha value is -4.33. The van der Waals surface area contributed by atoms with Gasteiger partial charge < -0.3 is 19.0 Å². The Labute approximate surface area is 197 Å². The maximum absolute atomic E-state index is 12.5. The molecule has 8 nitrogen and oxygen atoms in total. The van der Waals surface area contributed by atoms with Crippen LogP contribution in [0.3, 0.4) is 0 Å². The summed E-state index contributed by atoms with van der Waals surface area (Å²) in [5, 5.41) is 9.56. The molecule has 2 aromatic rings. The molecule has 0 aliphatic carbocycles. The predicted octanol–water partition coefficient (Wildman–Crippen LogP) is 4.33. The highest BCUT2D eigenvalue weighted by molar-refractivity contribution is 6.32. The number of methoxy groups -OCH3 is 1. The number of amidine groups is 2. The van der Waals surface area contributed by atoms with Gasteiger partial charge in [-0.25, -0.2) is 0 Å². The molecule has 174 valence electrons. The molecule has 0 aromatic heterocycles. The monoisotopic (exact) mass is 459 g/mol. The zero-order valence-electron chi connectivity index (χ0n) is 19.0. The van der Waals surface area contributed by atoms with Crippen LogP contribution < -0.4 is 14.2 Å². The minimum absolute atomic E-state index is 0.0729. The fraction of sp³-hybridized carbons (Fsp3) is 0.192. The Morgan fingerprint density at radius 2 is 1.88 bits per heavy atom. The molecule has 8 heteroatoms. The second-order valence-corrected chi connectivity index (χ2v) is 7.53. The largest absolute Gasteiger partial charge is 0.493 e. The number of hydrogen-bond acceptors (Lipinski definition) is 6. The van der Waals surface area contributed by atoms with Gasteiger partial charge in [0.25, 0.3) is 5.91 Å².